The molecule has 0 aliphatic heterocycles. The first-order valence-electron chi connectivity index (χ1n) is 16.3. The van der Waals surface area contributed by atoms with Gasteiger partial charge < -0.3 is 10.6 Å². The van der Waals surface area contributed by atoms with Crippen LogP contribution in [0.1, 0.15) is 48.0 Å². The highest BCUT2D eigenvalue weighted by molar-refractivity contribution is 7.90. The predicted octanol–water partition coefficient (Wildman–Crippen LogP) is 6.25. The highest BCUT2D eigenvalue weighted by atomic mass is 35.5. The van der Waals surface area contributed by atoms with Gasteiger partial charge in [0.15, 0.2) is 5.15 Å². The van der Waals surface area contributed by atoms with Crippen LogP contribution in [0.5, 0.6) is 0 Å². The molecule has 13 nitrogen and oxygen atoms in total. The van der Waals surface area contributed by atoms with Crippen molar-refractivity contribution >= 4 is 51.0 Å². The minimum Gasteiger partial charge on any atom is -0.333 e. The third-order valence-corrected chi connectivity index (χ3v) is 9.35. The molecular formula is C37H33ClF3N7O6S. The molecule has 0 aliphatic carbocycles. The molecule has 0 saturated carbocycles. The largest absolute Gasteiger partial charge is 0.416 e. The summed E-state index contributed by atoms with van der Waals surface area (Å²) in [7, 11) is -4.65. The fourth-order valence-corrected chi connectivity index (χ4v) is 6.46. The number of anilines is 2. The van der Waals surface area contributed by atoms with Gasteiger partial charge in [-0.3, -0.25) is 29.3 Å². The number of aromatic nitrogens is 3. The van der Waals surface area contributed by atoms with E-state index in [-0.39, 0.29) is 28.5 Å². The van der Waals surface area contributed by atoms with Crippen molar-refractivity contribution in [2.75, 3.05) is 10.6 Å². The van der Waals surface area contributed by atoms with Crippen LogP contribution in [-0.2, 0) is 34.0 Å². The third kappa shape index (κ3) is 10.3. The van der Waals surface area contributed by atoms with Crippen LogP contribution in [-0.4, -0.2) is 46.3 Å². The lowest BCUT2D eigenvalue weighted by molar-refractivity contribution is -0.137. The molecule has 3 aromatic carbocycles. The molecular weight excluding hydrogens is 763 g/mol. The maximum Gasteiger partial charge on any atom is 0.416 e. The number of carbonyl (C=O) groups is 3. The van der Waals surface area contributed by atoms with Gasteiger partial charge in [0.2, 0.25) is 11.7 Å². The van der Waals surface area contributed by atoms with Gasteiger partial charge in [-0.15, -0.1) is 0 Å². The van der Waals surface area contributed by atoms with Crippen molar-refractivity contribution in [3.05, 3.63) is 135 Å². The van der Waals surface area contributed by atoms with Crippen LogP contribution in [0.3, 0.4) is 0 Å². The Morgan fingerprint density at radius 1 is 0.873 bits per heavy atom. The van der Waals surface area contributed by atoms with Crippen LogP contribution < -0.4 is 26.2 Å². The van der Waals surface area contributed by atoms with Gasteiger partial charge >= 0.3 is 12.2 Å². The fourth-order valence-electron chi connectivity index (χ4n) is 5.24. The van der Waals surface area contributed by atoms with E-state index in [4.69, 9.17) is 11.6 Å². The Labute approximate surface area is 318 Å². The zero-order valence-corrected chi connectivity index (χ0v) is 30.9. The maximum absolute atomic E-state index is 13.9. The lowest BCUT2D eigenvalue weighted by atomic mass is 10.0. The molecule has 0 atom stereocenters. The quantitative estimate of drug-likeness (QED) is 0.128. The average molecular weight is 796 g/mol. The van der Waals surface area contributed by atoms with Crippen molar-refractivity contribution in [1.29, 1.82) is 0 Å². The monoisotopic (exact) mass is 795 g/mol. The Balaban J connectivity index is 1.44. The number of nitrogens with zero attached hydrogens (tertiary/aromatic N) is 3. The van der Waals surface area contributed by atoms with E-state index in [9.17, 15) is 40.8 Å². The standard InChI is InChI=1S/C37H33ClF3N7O6S/c1-36(2,3)46-35(52)45-32-34(51)48(29(31(38)44-32)19-22-8-6-9-23(18-22)24-10-7-17-42-20-24)21-30(49)43-28-12-5-4-11-27(28)33(50)47-55(53,54)26-15-13-25(14-16-26)37(39,40)41/h4-18,20H,19,21H2,1-3H3,(H,43,49)(H,47,50)(H2,44,45,46,52). The number of amides is 4. The summed E-state index contributed by atoms with van der Waals surface area (Å²) in [5.74, 6) is -2.53. The van der Waals surface area contributed by atoms with Gasteiger partial charge in [-0.2, -0.15) is 13.2 Å². The Morgan fingerprint density at radius 3 is 2.22 bits per heavy atom. The Bertz CT molecular complexity index is 2420. The van der Waals surface area contributed by atoms with Crippen molar-refractivity contribution in [3.63, 3.8) is 0 Å². The van der Waals surface area contributed by atoms with Crippen molar-refractivity contribution in [2.45, 2.75) is 50.3 Å². The van der Waals surface area contributed by atoms with Gasteiger partial charge in [0.25, 0.3) is 21.5 Å². The highest BCUT2D eigenvalue weighted by Gasteiger charge is 2.31. The molecule has 18 heteroatoms. The molecule has 55 heavy (non-hydrogen) atoms. The summed E-state index contributed by atoms with van der Waals surface area (Å²) in [5.41, 5.74) is -0.689. The number of rotatable bonds is 10. The first-order valence-corrected chi connectivity index (χ1v) is 18.2. The van der Waals surface area contributed by atoms with Crippen LogP contribution in [0.4, 0.5) is 29.5 Å². The predicted molar refractivity (Wildman–Crippen MR) is 199 cm³/mol. The van der Waals surface area contributed by atoms with Crippen LogP contribution >= 0.6 is 11.6 Å². The number of alkyl halides is 3. The summed E-state index contributed by atoms with van der Waals surface area (Å²) >= 11 is 6.63. The number of hydrogen-bond acceptors (Lipinski definition) is 8. The second kappa shape index (κ2) is 16.1. The molecule has 0 saturated heterocycles. The van der Waals surface area contributed by atoms with Crippen molar-refractivity contribution < 1.29 is 36.0 Å². The summed E-state index contributed by atoms with van der Waals surface area (Å²) in [6.07, 6.45) is -1.38. The summed E-state index contributed by atoms with van der Waals surface area (Å²) in [4.78, 5) is 61.1. The van der Waals surface area contributed by atoms with Crippen LogP contribution in [0, 0.1) is 0 Å². The lowest BCUT2D eigenvalue weighted by Crippen LogP contribution is -2.44. The Morgan fingerprint density at radius 2 is 1.56 bits per heavy atom. The smallest absolute Gasteiger partial charge is 0.333 e. The molecule has 0 bridgehead atoms. The molecule has 5 aromatic rings. The SMILES string of the molecule is CC(C)(C)NC(=O)Nc1nc(Cl)c(Cc2cccc(-c3cccnc3)c2)n(CC(=O)Nc2ccccc2C(=O)NS(=O)(=O)c2ccc(C(F)(F)F)cc2)c1=O. The average Bonchev–Trinajstić information content (AvgIpc) is 3.11. The van der Waals surface area contributed by atoms with Crippen LogP contribution in [0.2, 0.25) is 5.15 Å². The number of urea groups is 1. The van der Waals surface area contributed by atoms with E-state index < -0.39 is 68.0 Å². The molecule has 0 radical (unpaired) electrons. The molecule has 4 amide bonds. The molecule has 4 N–H and O–H groups in total. The zero-order valence-electron chi connectivity index (χ0n) is 29.4. The first-order chi connectivity index (χ1) is 25.8. The van der Waals surface area contributed by atoms with E-state index in [1.807, 2.05) is 18.2 Å². The second-order valence-electron chi connectivity index (χ2n) is 13.1. The Kier molecular flexibility index (Phi) is 11.8. The summed E-state index contributed by atoms with van der Waals surface area (Å²) in [6.45, 7) is 4.47. The molecule has 0 aliphatic rings. The van der Waals surface area contributed by atoms with Gasteiger partial charge in [0, 0.05) is 24.4 Å². The van der Waals surface area contributed by atoms with Crippen molar-refractivity contribution in [2.24, 2.45) is 0 Å². The first kappa shape index (κ1) is 40.1. The molecule has 0 unspecified atom stereocenters. The lowest BCUT2D eigenvalue weighted by Gasteiger charge is -2.21. The molecule has 0 spiro atoms. The van der Waals surface area contributed by atoms with Crippen molar-refractivity contribution in [3.8, 4) is 11.1 Å². The van der Waals surface area contributed by atoms with E-state index in [1.165, 1.54) is 24.3 Å². The van der Waals surface area contributed by atoms with Crippen molar-refractivity contribution in [1.82, 2.24) is 24.6 Å². The van der Waals surface area contributed by atoms with E-state index in [2.05, 4.69) is 25.9 Å². The molecule has 0 fully saturated rings. The number of carbonyl (C=O) groups excluding carboxylic acids is 3. The van der Waals surface area contributed by atoms with Gasteiger partial charge in [-0.1, -0.05) is 54.1 Å². The van der Waals surface area contributed by atoms with E-state index >= 15 is 0 Å². The third-order valence-electron chi connectivity index (χ3n) is 7.70. The van der Waals surface area contributed by atoms with Gasteiger partial charge in [-0.25, -0.2) is 22.9 Å². The number of pyridine rings is 1. The molecule has 5 rings (SSSR count). The number of para-hydroxylation sites is 1. The van der Waals surface area contributed by atoms with E-state index in [0.717, 1.165) is 15.7 Å². The number of sulfonamides is 1. The summed E-state index contributed by atoms with van der Waals surface area (Å²) in [6, 6.07) is 18.0. The topological polar surface area (TPSA) is 181 Å². The highest BCUT2D eigenvalue weighted by Crippen LogP contribution is 2.30. The minimum atomic E-state index is -4.71. The number of halogens is 4. The minimum absolute atomic E-state index is 0.0116. The normalized spacial score (nSPS) is 11.8. The van der Waals surface area contributed by atoms with E-state index in [1.54, 1.807) is 56.1 Å². The van der Waals surface area contributed by atoms with E-state index in [0.29, 0.717) is 29.8 Å². The number of benzene rings is 3. The number of hydrogen-bond donors (Lipinski definition) is 4. The Hall–Kier alpha value is -6.07. The van der Waals surface area contributed by atoms with Crippen LogP contribution in [0.15, 0.2) is 107 Å². The van der Waals surface area contributed by atoms with Gasteiger partial charge in [0.05, 0.1) is 27.4 Å². The maximum atomic E-state index is 13.9. The molecule has 286 valence electrons. The molecule has 2 heterocycles. The second-order valence-corrected chi connectivity index (χ2v) is 15.1. The van der Waals surface area contributed by atoms with Gasteiger partial charge in [0.1, 0.15) is 6.54 Å². The number of nitrogens with one attached hydrogen (secondary N) is 4. The zero-order chi connectivity index (χ0) is 40.1. The molecule has 2 aromatic heterocycles. The van der Waals surface area contributed by atoms with Crippen LogP contribution in [0.25, 0.3) is 11.1 Å². The fraction of sp³-hybridized carbons (Fsp3) is 0.189. The van der Waals surface area contributed by atoms with Gasteiger partial charge in [-0.05, 0) is 79.9 Å². The summed E-state index contributed by atoms with van der Waals surface area (Å²) in [5, 5.41) is 7.33. The summed E-state index contributed by atoms with van der Waals surface area (Å²) < 4.78 is 67.6.